The predicted molar refractivity (Wildman–Crippen MR) is 126 cm³/mol. The number of ether oxygens (including phenoxy) is 1. The van der Waals surface area contributed by atoms with E-state index in [1.807, 2.05) is 29.2 Å². The topological polar surface area (TPSA) is 50.6 Å². The zero-order valence-electron chi connectivity index (χ0n) is 19.2. The molecule has 168 valence electrons. The van der Waals surface area contributed by atoms with Crippen molar-refractivity contribution in [2.24, 2.45) is 0 Å². The third-order valence-electron chi connectivity index (χ3n) is 6.83. The number of likely N-dealkylation sites (tertiary alicyclic amines) is 1. The van der Waals surface area contributed by atoms with Crippen LogP contribution in [0.3, 0.4) is 0 Å². The number of carbonyl (C=O) groups excluding carboxylic acids is 1. The summed E-state index contributed by atoms with van der Waals surface area (Å²) in [6, 6.07) is 14.9. The van der Waals surface area contributed by atoms with Crippen molar-refractivity contribution in [2.45, 2.75) is 58.3 Å². The van der Waals surface area contributed by atoms with Gasteiger partial charge in [-0.05, 0) is 70.0 Å². The Bertz CT molecular complexity index is 1100. The van der Waals surface area contributed by atoms with Gasteiger partial charge in [-0.2, -0.15) is 0 Å². The van der Waals surface area contributed by atoms with E-state index in [0.717, 1.165) is 54.0 Å². The smallest absolute Gasteiger partial charge is 0.270 e. The Hall–Kier alpha value is -2.86. The van der Waals surface area contributed by atoms with Crippen molar-refractivity contribution >= 4 is 16.8 Å². The maximum atomic E-state index is 13.3. The van der Waals surface area contributed by atoms with Gasteiger partial charge >= 0.3 is 0 Å². The Morgan fingerprint density at radius 2 is 1.94 bits per heavy atom. The molecule has 1 amide bonds. The molecule has 2 aliphatic heterocycles. The first-order valence-corrected chi connectivity index (χ1v) is 11.7. The second kappa shape index (κ2) is 8.58. The molecule has 0 aliphatic carbocycles. The van der Waals surface area contributed by atoms with Gasteiger partial charge < -0.3 is 19.1 Å². The fourth-order valence-electron chi connectivity index (χ4n) is 5.10. The van der Waals surface area contributed by atoms with Crippen molar-refractivity contribution < 1.29 is 9.53 Å². The highest BCUT2D eigenvalue weighted by molar-refractivity contribution is 6.00. The van der Waals surface area contributed by atoms with Crippen LogP contribution in [0.15, 0.2) is 48.7 Å². The quantitative estimate of drug-likeness (QED) is 0.595. The zero-order chi connectivity index (χ0) is 22.2. The van der Waals surface area contributed by atoms with Crippen LogP contribution in [0.2, 0.25) is 0 Å². The number of pyridine rings is 1. The molecule has 4 heterocycles. The van der Waals surface area contributed by atoms with Crippen LogP contribution in [-0.2, 0) is 6.54 Å². The Kier molecular flexibility index (Phi) is 5.64. The van der Waals surface area contributed by atoms with Gasteiger partial charge in [0.15, 0.2) is 0 Å². The van der Waals surface area contributed by atoms with E-state index in [-0.39, 0.29) is 18.1 Å². The zero-order valence-corrected chi connectivity index (χ0v) is 19.2. The van der Waals surface area contributed by atoms with Crippen LogP contribution in [0.4, 0.5) is 0 Å². The van der Waals surface area contributed by atoms with Gasteiger partial charge in [0.05, 0.1) is 12.2 Å². The molecule has 0 unspecified atom stereocenters. The average molecular weight is 433 g/mol. The summed E-state index contributed by atoms with van der Waals surface area (Å²) in [4.78, 5) is 22.1. The Morgan fingerprint density at radius 1 is 1.12 bits per heavy atom. The molecule has 0 bridgehead atoms. The van der Waals surface area contributed by atoms with E-state index in [0.29, 0.717) is 19.1 Å². The first kappa shape index (κ1) is 21.0. The molecular weight excluding hydrogens is 400 g/mol. The lowest BCUT2D eigenvalue weighted by molar-refractivity contribution is 0.0662. The Balaban J connectivity index is 1.35. The van der Waals surface area contributed by atoms with Crippen LogP contribution in [-0.4, -0.2) is 57.0 Å². The standard InChI is InChI=1S/C26H32N4O2/c1-18(2)28-12-9-22(10-13-28)32-23-7-8-24-20(14-23)15-25-26(31)29(16-19(3)30(24)25)17-21-6-4-5-11-27-21/h4-8,11,14-15,18-19,22H,9-10,12-13,16-17H2,1-3H3/t19-/m1/s1. The van der Waals surface area contributed by atoms with E-state index in [1.54, 1.807) is 6.20 Å². The fourth-order valence-corrected chi connectivity index (χ4v) is 5.10. The van der Waals surface area contributed by atoms with Gasteiger partial charge in [-0.15, -0.1) is 0 Å². The molecule has 6 heteroatoms. The van der Waals surface area contributed by atoms with Gasteiger partial charge in [0.2, 0.25) is 0 Å². The molecular formula is C26H32N4O2. The number of fused-ring (bicyclic) bond motifs is 3. The molecule has 0 N–H and O–H groups in total. The van der Waals surface area contributed by atoms with E-state index in [2.05, 4.69) is 53.4 Å². The van der Waals surface area contributed by atoms with Crippen molar-refractivity contribution in [1.82, 2.24) is 19.4 Å². The highest BCUT2D eigenvalue weighted by atomic mass is 16.5. The molecule has 1 atom stereocenters. The van der Waals surface area contributed by atoms with Crippen LogP contribution >= 0.6 is 0 Å². The summed E-state index contributed by atoms with van der Waals surface area (Å²) in [5, 5.41) is 1.07. The molecule has 2 aliphatic rings. The summed E-state index contributed by atoms with van der Waals surface area (Å²) >= 11 is 0. The van der Waals surface area contributed by atoms with Crippen molar-refractivity contribution in [3.8, 4) is 5.75 Å². The van der Waals surface area contributed by atoms with E-state index < -0.39 is 0 Å². The minimum absolute atomic E-state index is 0.0634. The number of hydrogen-bond donors (Lipinski definition) is 0. The monoisotopic (exact) mass is 432 g/mol. The van der Waals surface area contributed by atoms with Gasteiger partial charge in [-0.1, -0.05) is 6.07 Å². The van der Waals surface area contributed by atoms with Crippen molar-refractivity contribution in [1.29, 1.82) is 0 Å². The average Bonchev–Trinajstić information content (AvgIpc) is 3.18. The molecule has 2 aromatic heterocycles. The Labute approximate surface area is 189 Å². The van der Waals surface area contributed by atoms with Gasteiger partial charge in [-0.3, -0.25) is 9.78 Å². The summed E-state index contributed by atoms with van der Waals surface area (Å²) in [5.74, 6) is 0.961. The van der Waals surface area contributed by atoms with E-state index in [1.165, 1.54) is 0 Å². The lowest BCUT2D eigenvalue weighted by Gasteiger charge is -2.34. The number of nitrogens with zero attached hydrogens (tertiary/aromatic N) is 4. The lowest BCUT2D eigenvalue weighted by atomic mass is 10.1. The van der Waals surface area contributed by atoms with E-state index >= 15 is 0 Å². The molecule has 3 aromatic rings. The highest BCUT2D eigenvalue weighted by Gasteiger charge is 2.31. The summed E-state index contributed by atoms with van der Waals surface area (Å²) in [6.07, 6.45) is 4.15. The number of carbonyl (C=O) groups is 1. The largest absolute Gasteiger partial charge is 0.490 e. The molecule has 5 rings (SSSR count). The molecule has 0 spiro atoms. The second-order valence-corrected chi connectivity index (χ2v) is 9.42. The molecule has 1 saturated heterocycles. The maximum absolute atomic E-state index is 13.3. The molecule has 1 aromatic carbocycles. The van der Waals surface area contributed by atoms with Gasteiger partial charge in [0.1, 0.15) is 17.5 Å². The van der Waals surface area contributed by atoms with Crippen LogP contribution in [0, 0.1) is 0 Å². The third-order valence-corrected chi connectivity index (χ3v) is 6.83. The number of rotatable bonds is 5. The minimum atomic E-state index is 0.0634. The minimum Gasteiger partial charge on any atom is -0.490 e. The molecule has 1 fully saturated rings. The van der Waals surface area contributed by atoms with Crippen molar-refractivity contribution in [3.05, 3.63) is 60.0 Å². The number of amides is 1. The van der Waals surface area contributed by atoms with E-state index in [9.17, 15) is 4.79 Å². The number of aromatic nitrogens is 2. The van der Waals surface area contributed by atoms with Gasteiger partial charge in [-0.25, -0.2) is 0 Å². The molecule has 32 heavy (non-hydrogen) atoms. The summed E-state index contributed by atoms with van der Waals surface area (Å²) in [5.41, 5.74) is 2.76. The number of piperidine rings is 1. The van der Waals surface area contributed by atoms with Crippen molar-refractivity contribution in [3.63, 3.8) is 0 Å². The molecule has 0 saturated carbocycles. The van der Waals surface area contributed by atoms with Crippen LogP contribution in [0.25, 0.3) is 10.9 Å². The normalized spacial score (nSPS) is 20.2. The number of benzene rings is 1. The third kappa shape index (κ3) is 3.99. The lowest BCUT2D eigenvalue weighted by Crippen LogP contribution is -2.41. The van der Waals surface area contributed by atoms with Gasteiger partial charge in [0.25, 0.3) is 5.91 Å². The summed E-state index contributed by atoms with van der Waals surface area (Å²) < 4.78 is 8.52. The Morgan fingerprint density at radius 3 is 2.66 bits per heavy atom. The van der Waals surface area contributed by atoms with Crippen LogP contribution in [0.1, 0.15) is 55.8 Å². The fraction of sp³-hybridized carbons (Fsp3) is 0.462. The van der Waals surface area contributed by atoms with Crippen LogP contribution < -0.4 is 4.74 Å². The first-order valence-electron chi connectivity index (χ1n) is 11.7. The summed E-state index contributed by atoms with van der Waals surface area (Å²) in [7, 11) is 0. The highest BCUT2D eigenvalue weighted by Crippen LogP contribution is 2.33. The van der Waals surface area contributed by atoms with Crippen molar-refractivity contribution in [2.75, 3.05) is 19.6 Å². The predicted octanol–water partition coefficient (Wildman–Crippen LogP) is 4.50. The second-order valence-electron chi connectivity index (χ2n) is 9.42. The van der Waals surface area contributed by atoms with Crippen LogP contribution in [0.5, 0.6) is 5.75 Å². The molecule has 6 nitrogen and oxygen atoms in total. The molecule has 0 radical (unpaired) electrons. The number of hydrogen-bond acceptors (Lipinski definition) is 4. The SMILES string of the molecule is CC(C)N1CCC(Oc2ccc3c(c2)cc2n3[C@H](C)CN(Cc3ccccn3)C2=O)CC1. The maximum Gasteiger partial charge on any atom is 0.270 e. The van der Waals surface area contributed by atoms with Gasteiger partial charge in [0, 0.05) is 48.8 Å². The van der Waals surface area contributed by atoms with E-state index in [4.69, 9.17) is 4.74 Å². The summed E-state index contributed by atoms with van der Waals surface area (Å²) in [6.45, 7) is 10.1. The first-order chi connectivity index (χ1) is 15.5.